The number of rotatable bonds is 3. The van der Waals surface area contributed by atoms with Gasteiger partial charge in [0.1, 0.15) is 4.83 Å². The van der Waals surface area contributed by atoms with Crippen LogP contribution in [0.1, 0.15) is 61.0 Å². The third-order valence-corrected chi connectivity index (χ3v) is 7.24. The van der Waals surface area contributed by atoms with Crippen LogP contribution < -0.4 is 5.56 Å². The fraction of sp³-hybridized carbons (Fsp3) is 0.435. The third kappa shape index (κ3) is 3.22. The SMILES string of the molecule is CC(C(=O)c1ccccc1)n1cnc2sc3c(c2c1=O)CCC(C(C)(C)C)C3. The summed E-state index contributed by atoms with van der Waals surface area (Å²) in [6.45, 7) is 8.65. The lowest BCUT2D eigenvalue weighted by atomic mass is 9.72. The Morgan fingerprint density at radius 3 is 2.64 bits per heavy atom. The lowest BCUT2D eigenvalue weighted by Crippen LogP contribution is -2.29. The number of benzene rings is 1. The zero-order valence-corrected chi connectivity index (χ0v) is 17.7. The summed E-state index contributed by atoms with van der Waals surface area (Å²) < 4.78 is 1.50. The van der Waals surface area contributed by atoms with E-state index < -0.39 is 6.04 Å². The molecule has 1 aliphatic carbocycles. The molecule has 0 N–H and O–H groups in total. The van der Waals surface area contributed by atoms with Crippen molar-refractivity contribution in [1.29, 1.82) is 0 Å². The molecule has 2 aromatic heterocycles. The van der Waals surface area contributed by atoms with E-state index in [2.05, 4.69) is 25.8 Å². The van der Waals surface area contributed by atoms with Gasteiger partial charge >= 0.3 is 0 Å². The summed E-state index contributed by atoms with van der Waals surface area (Å²) >= 11 is 1.65. The van der Waals surface area contributed by atoms with Gasteiger partial charge in [-0.25, -0.2) is 4.98 Å². The summed E-state index contributed by atoms with van der Waals surface area (Å²) in [5.41, 5.74) is 1.94. The van der Waals surface area contributed by atoms with Crippen LogP contribution in [-0.4, -0.2) is 15.3 Å². The molecule has 0 saturated carbocycles. The first kappa shape index (κ1) is 19.1. The van der Waals surface area contributed by atoms with Gasteiger partial charge in [0.05, 0.1) is 17.8 Å². The molecule has 0 saturated heterocycles. The smallest absolute Gasteiger partial charge is 0.263 e. The number of Topliss-reactive ketones (excluding diaryl/α,β-unsaturated/α-hetero) is 1. The Bertz CT molecular complexity index is 1090. The van der Waals surface area contributed by atoms with E-state index in [1.807, 2.05) is 18.2 Å². The molecule has 2 heterocycles. The van der Waals surface area contributed by atoms with Gasteiger partial charge < -0.3 is 0 Å². The highest BCUT2D eigenvalue weighted by Crippen LogP contribution is 2.42. The maximum Gasteiger partial charge on any atom is 0.263 e. The normalized spacial score (nSPS) is 18.1. The number of thiophene rings is 1. The van der Waals surface area contributed by atoms with Crippen LogP contribution in [0.5, 0.6) is 0 Å². The van der Waals surface area contributed by atoms with Gasteiger partial charge in [-0.05, 0) is 43.1 Å². The molecule has 3 aromatic rings. The van der Waals surface area contributed by atoms with E-state index in [0.717, 1.165) is 35.0 Å². The first-order valence-electron chi connectivity index (χ1n) is 9.88. The fourth-order valence-electron chi connectivity index (χ4n) is 4.16. The maximum absolute atomic E-state index is 13.3. The zero-order chi connectivity index (χ0) is 20.1. The molecule has 28 heavy (non-hydrogen) atoms. The number of carbonyl (C=O) groups is 1. The van der Waals surface area contributed by atoms with Gasteiger partial charge in [-0.3, -0.25) is 14.2 Å². The maximum atomic E-state index is 13.3. The largest absolute Gasteiger partial charge is 0.292 e. The molecule has 1 aromatic carbocycles. The van der Waals surface area contributed by atoms with E-state index in [1.54, 1.807) is 36.7 Å². The Hall–Kier alpha value is -2.27. The van der Waals surface area contributed by atoms with Crippen LogP contribution in [0.4, 0.5) is 0 Å². The van der Waals surface area contributed by atoms with Crippen LogP contribution >= 0.6 is 11.3 Å². The highest BCUT2D eigenvalue weighted by Gasteiger charge is 2.32. The molecule has 1 aliphatic rings. The van der Waals surface area contributed by atoms with Gasteiger partial charge in [0.25, 0.3) is 5.56 Å². The quantitative estimate of drug-likeness (QED) is 0.584. The minimum atomic E-state index is -0.576. The van der Waals surface area contributed by atoms with Crippen molar-refractivity contribution in [3.63, 3.8) is 0 Å². The Kier molecular flexibility index (Phi) is 4.74. The van der Waals surface area contributed by atoms with Gasteiger partial charge in [-0.15, -0.1) is 11.3 Å². The Labute approximate surface area is 169 Å². The minimum absolute atomic E-state index is 0.0688. The van der Waals surface area contributed by atoms with Crippen molar-refractivity contribution in [3.8, 4) is 0 Å². The monoisotopic (exact) mass is 394 g/mol. The van der Waals surface area contributed by atoms with Gasteiger partial charge in [0.2, 0.25) is 0 Å². The number of fused-ring (bicyclic) bond motifs is 3. The Morgan fingerprint density at radius 1 is 1.25 bits per heavy atom. The number of carbonyl (C=O) groups excluding carboxylic acids is 1. The molecule has 0 aliphatic heterocycles. The van der Waals surface area contributed by atoms with Crippen LogP contribution in [0.3, 0.4) is 0 Å². The van der Waals surface area contributed by atoms with Crippen molar-refractivity contribution in [1.82, 2.24) is 9.55 Å². The highest BCUT2D eigenvalue weighted by atomic mass is 32.1. The average Bonchev–Trinajstić information content (AvgIpc) is 3.05. The van der Waals surface area contributed by atoms with Crippen molar-refractivity contribution in [3.05, 3.63) is 63.0 Å². The van der Waals surface area contributed by atoms with Crippen LogP contribution in [0.2, 0.25) is 0 Å². The number of hydrogen-bond donors (Lipinski definition) is 0. The van der Waals surface area contributed by atoms with Crippen LogP contribution in [0, 0.1) is 11.3 Å². The van der Waals surface area contributed by atoms with Crippen molar-refractivity contribution < 1.29 is 4.79 Å². The molecule has 0 amide bonds. The van der Waals surface area contributed by atoms with E-state index in [0.29, 0.717) is 11.5 Å². The highest BCUT2D eigenvalue weighted by molar-refractivity contribution is 7.18. The molecule has 0 bridgehead atoms. The minimum Gasteiger partial charge on any atom is -0.292 e. The Morgan fingerprint density at radius 2 is 1.96 bits per heavy atom. The first-order valence-corrected chi connectivity index (χ1v) is 10.7. The summed E-state index contributed by atoms with van der Waals surface area (Å²) in [6.07, 6.45) is 4.56. The van der Waals surface area contributed by atoms with Gasteiger partial charge in [-0.2, -0.15) is 0 Å². The van der Waals surface area contributed by atoms with E-state index in [1.165, 1.54) is 9.44 Å². The molecule has 2 unspecified atom stereocenters. The second-order valence-electron chi connectivity index (χ2n) is 8.85. The molecule has 5 heteroatoms. The molecule has 2 atom stereocenters. The van der Waals surface area contributed by atoms with E-state index in [9.17, 15) is 9.59 Å². The first-order chi connectivity index (χ1) is 13.3. The molecule has 4 nitrogen and oxygen atoms in total. The molecule has 146 valence electrons. The summed E-state index contributed by atoms with van der Waals surface area (Å²) in [4.78, 5) is 32.8. The van der Waals surface area contributed by atoms with Crippen molar-refractivity contribution in [2.45, 2.75) is 53.0 Å². The van der Waals surface area contributed by atoms with E-state index in [-0.39, 0.29) is 16.8 Å². The van der Waals surface area contributed by atoms with Crippen molar-refractivity contribution >= 4 is 27.3 Å². The average molecular weight is 395 g/mol. The standard InChI is InChI=1S/C23H26N2O2S/c1-14(20(26)15-8-6-5-7-9-15)25-13-24-21-19(22(25)27)17-11-10-16(23(2,3)4)12-18(17)28-21/h5-9,13-14,16H,10-12H2,1-4H3. The van der Waals surface area contributed by atoms with E-state index in [4.69, 9.17) is 0 Å². The predicted molar refractivity (Wildman–Crippen MR) is 114 cm³/mol. The second kappa shape index (κ2) is 6.96. The van der Waals surface area contributed by atoms with Crippen molar-refractivity contribution in [2.24, 2.45) is 11.3 Å². The summed E-state index contributed by atoms with van der Waals surface area (Å²) in [7, 11) is 0. The predicted octanol–water partition coefficient (Wildman–Crippen LogP) is 5.05. The number of hydrogen-bond acceptors (Lipinski definition) is 4. The zero-order valence-electron chi connectivity index (χ0n) is 16.9. The number of nitrogens with zero attached hydrogens (tertiary/aromatic N) is 2. The summed E-state index contributed by atoms with van der Waals surface area (Å²) in [5, 5.41) is 0.725. The number of aromatic nitrogens is 2. The molecule has 0 fully saturated rings. The fourth-order valence-corrected chi connectivity index (χ4v) is 5.42. The second-order valence-corrected chi connectivity index (χ2v) is 9.94. The topological polar surface area (TPSA) is 52.0 Å². The number of ketones is 1. The Balaban J connectivity index is 1.74. The third-order valence-electron chi connectivity index (χ3n) is 6.07. The molecular formula is C23H26N2O2S. The van der Waals surface area contributed by atoms with Crippen LogP contribution in [0.15, 0.2) is 41.5 Å². The summed E-state index contributed by atoms with van der Waals surface area (Å²) in [5.74, 6) is 0.551. The lowest BCUT2D eigenvalue weighted by molar-refractivity contribution is 0.0932. The summed E-state index contributed by atoms with van der Waals surface area (Å²) in [6, 6.07) is 8.55. The lowest BCUT2D eigenvalue weighted by Gasteiger charge is -2.33. The number of aryl methyl sites for hydroxylation is 1. The molecular weight excluding hydrogens is 368 g/mol. The molecule has 4 rings (SSSR count). The van der Waals surface area contributed by atoms with Crippen LogP contribution in [0.25, 0.3) is 10.2 Å². The van der Waals surface area contributed by atoms with Gasteiger partial charge in [0, 0.05) is 10.4 Å². The van der Waals surface area contributed by atoms with Crippen molar-refractivity contribution in [2.75, 3.05) is 0 Å². The van der Waals surface area contributed by atoms with Gasteiger partial charge in [-0.1, -0.05) is 51.1 Å². The van der Waals surface area contributed by atoms with E-state index >= 15 is 0 Å². The molecule has 0 spiro atoms. The van der Waals surface area contributed by atoms with Crippen LogP contribution in [-0.2, 0) is 12.8 Å². The molecule has 0 radical (unpaired) electrons. The van der Waals surface area contributed by atoms with Gasteiger partial charge in [0.15, 0.2) is 5.78 Å².